The Morgan fingerprint density at radius 2 is 2.06 bits per heavy atom. The normalized spacial score (nSPS) is 23.2. The predicted octanol–water partition coefficient (Wildman–Crippen LogP) is 1.52. The quantitative estimate of drug-likeness (QED) is 0.833. The number of ether oxygens (including phenoxy) is 1. The van der Waals surface area contributed by atoms with Gasteiger partial charge in [0.2, 0.25) is 5.91 Å². The van der Waals surface area contributed by atoms with Crippen LogP contribution in [0.15, 0.2) is 12.4 Å². The molecule has 0 unspecified atom stereocenters. The fourth-order valence-corrected chi connectivity index (χ4v) is 2.22. The molecule has 1 amide bonds. The van der Waals surface area contributed by atoms with Gasteiger partial charge in [0.15, 0.2) is 0 Å². The van der Waals surface area contributed by atoms with Gasteiger partial charge in [-0.2, -0.15) is 0 Å². The van der Waals surface area contributed by atoms with Crippen molar-refractivity contribution in [2.45, 2.75) is 25.4 Å². The van der Waals surface area contributed by atoms with Crippen molar-refractivity contribution >= 4 is 17.5 Å². The van der Waals surface area contributed by atoms with Gasteiger partial charge in [0, 0.05) is 18.9 Å². The zero-order valence-corrected chi connectivity index (χ0v) is 10.6. The molecule has 3 rings (SSSR count). The Balaban J connectivity index is 1.55. The molecule has 2 fully saturated rings. The van der Waals surface area contributed by atoms with Gasteiger partial charge < -0.3 is 9.64 Å². The van der Waals surface area contributed by atoms with Crippen molar-refractivity contribution in [2.24, 2.45) is 5.92 Å². The van der Waals surface area contributed by atoms with Crippen LogP contribution in [-0.2, 0) is 4.79 Å². The molecule has 1 aromatic rings. The summed E-state index contributed by atoms with van der Waals surface area (Å²) in [6.07, 6.45) is 5.93. The van der Waals surface area contributed by atoms with E-state index in [2.05, 4.69) is 9.97 Å². The average molecular weight is 268 g/mol. The Labute approximate surface area is 110 Å². The first-order valence-electron chi connectivity index (χ1n) is 6.15. The summed E-state index contributed by atoms with van der Waals surface area (Å²) in [4.78, 5) is 21.7. The first-order valence-corrected chi connectivity index (χ1v) is 6.53. The Morgan fingerprint density at radius 1 is 1.33 bits per heavy atom. The number of hydrogen-bond acceptors (Lipinski definition) is 4. The second-order valence-electron chi connectivity index (χ2n) is 4.77. The lowest BCUT2D eigenvalue weighted by Crippen LogP contribution is -2.32. The lowest BCUT2D eigenvalue weighted by molar-refractivity contribution is -0.131. The lowest BCUT2D eigenvalue weighted by atomic mass is 10.3. The number of halogens is 1. The van der Waals surface area contributed by atoms with Gasteiger partial charge >= 0.3 is 6.01 Å². The molecular weight excluding hydrogens is 254 g/mol. The molecule has 2 heterocycles. The van der Waals surface area contributed by atoms with E-state index in [9.17, 15) is 4.79 Å². The highest BCUT2D eigenvalue weighted by Crippen LogP contribution is 2.32. The maximum Gasteiger partial charge on any atom is 0.316 e. The molecule has 0 bridgehead atoms. The summed E-state index contributed by atoms with van der Waals surface area (Å²) >= 11 is 5.70. The molecule has 0 N–H and O–H groups in total. The first-order chi connectivity index (χ1) is 8.72. The number of amides is 1. The van der Waals surface area contributed by atoms with E-state index in [0.717, 1.165) is 25.8 Å². The summed E-state index contributed by atoms with van der Waals surface area (Å²) in [6.45, 7) is 1.41. The third-order valence-corrected chi connectivity index (χ3v) is 3.45. The zero-order chi connectivity index (χ0) is 12.5. The lowest BCUT2D eigenvalue weighted by Gasteiger charge is -2.16. The van der Waals surface area contributed by atoms with Crippen molar-refractivity contribution in [2.75, 3.05) is 13.1 Å². The SMILES string of the molecule is O=C(C1CC1)N1CC[C@H](Oc2ncc(Cl)cn2)C1. The van der Waals surface area contributed by atoms with Gasteiger partial charge in [-0.25, -0.2) is 9.97 Å². The van der Waals surface area contributed by atoms with Gasteiger partial charge in [-0.05, 0) is 12.8 Å². The van der Waals surface area contributed by atoms with Gasteiger partial charge in [0.05, 0.1) is 24.0 Å². The fraction of sp³-hybridized carbons (Fsp3) is 0.583. The van der Waals surface area contributed by atoms with Crippen LogP contribution in [0.3, 0.4) is 0 Å². The van der Waals surface area contributed by atoms with Gasteiger partial charge in [0.25, 0.3) is 0 Å². The molecule has 1 aromatic heterocycles. The molecule has 0 spiro atoms. The van der Waals surface area contributed by atoms with Gasteiger partial charge in [0.1, 0.15) is 6.10 Å². The molecule has 5 nitrogen and oxygen atoms in total. The minimum Gasteiger partial charge on any atom is -0.458 e. The maximum absolute atomic E-state index is 11.9. The van der Waals surface area contributed by atoms with E-state index in [1.54, 1.807) is 0 Å². The van der Waals surface area contributed by atoms with Crippen LogP contribution in [0.2, 0.25) is 5.02 Å². The summed E-state index contributed by atoms with van der Waals surface area (Å²) in [7, 11) is 0. The number of rotatable bonds is 3. The second kappa shape index (κ2) is 4.72. The Kier molecular flexibility index (Phi) is 3.07. The highest BCUT2D eigenvalue weighted by Gasteiger charge is 2.37. The zero-order valence-electron chi connectivity index (χ0n) is 9.88. The highest BCUT2D eigenvalue weighted by molar-refractivity contribution is 6.30. The topological polar surface area (TPSA) is 55.3 Å². The van der Waals surface area contributed by atoms with Crippen molar-refractivity contribution < 1.29 is 9.53 Å². The average Bonchev–Trinajstić information content (AvgIpc) is 3.12. The molecule has 96 valence electrons. The van der Waals surface area contributed by atoms with E-state index in [1.165, 1.54) is 12.4 Å². The molecule has 1 aliphatic heterocycles. The fourth-order valence-electron chi connectivity index (χ4n) is 2.12. The number of likely N-dealkylation sites (tertiary alicyclic amines) is 1. The molecule has 1 saturated carbocycles. The van der Waals surface area contributed by atoms with Crippen LogP contribution < -0.4 is 4.74 Å². The third-order valence-electron chi connectivity index (χ3n) is 3.25. The van der Waals surface area contributed by atoms with E-state index < -0.39 is 0 Å². The number of carbonyl (C=O) groups excluding carboxylic acids is 1. The van der Waals surface area contributed by atoms with Crippen LogP contribution in [-0.4, -0.2) is 40.0 Å². The molecule has 6 heteroatoms. The van der Waals surface area contributed by atoms with Crippen molar-refractivity contribution in [3.63, 3.8) is 0 Å². The summed E-state index contributed by atoms with van der Waals surface area (Å²) in [5.74, 6) is 0.550. The van der Waals surface area contributed by atoms with Crippen LogP contribution in [0.25, 0.3) is 0 Å². The van der Waals surface area contributed by atoms with Crippen molar-refractivity contribution in [3.05, 3.63) is 17.4 Å². The van der Waals surface area contributed by atoms with Crippen LogP contribution in [0.1, 0.15) is 19.3 Å². The minimum absolute atomic E-state index is 0.00567. The Hall–Kier alpha value is -1.36. The Morgan fingerprint density at radius 3 is 2.72 bits per heavy atom. The van der Waals surface area contributed by atoms with Gasteiger partial charge in [-0.3, -0.25) is 4.79 Å². The van der Waals surface area contributed by atoms with E-state index in [4.69, 9.17) is 16.3 Å². The molecule has 0 aromatic carbocycles. The van der Waals surface area contributed by atoms with Crippen LogP contribution in [0.4, 0.5) is 0 Å². The smallest absolute Gasteiger partial charge is 0.316 e. The summed E-state index contributed by atoms with van der Waals surface area (Å²) < 4.78 is 5.64. The van der Waals surface area contributed by atoms with Crippen LogP contribution in [0, 0.1) is 5.92 Å². The largest absolute Gasteiger partial charge is 0.458 e. The standard InChI is InChI=1S/C12H14ClN3O2/c13-9-5-14-12(15-6-9)18-10-3-4-16(7-10)11(17)8-1-2-8/h5-6,8,10H,1-4,7H2/t10-/m0/s1. The molecule has 1 atom stereocenters. The summed E-state index contributed by atoms with van der Waals surface area (Å²) in [6, 6.07) is 0.324. The summed E-state index contributed by atoms with van der Waals surface area (Å²) in [5, 5.41) is 0.485. The predicted molar refractivity (Wildman–Crippen MR) is 65.4 cm³/mol. The van der Waals surface area contributed by atoms with Crippen LogP contribution >= 0.6 is 11.6 Å². The van der Waals surface area contributed by atoms with Gasteiger partial charge in [-0.15, -0.1) is 0 Å². The molecule has 18 heavy (non-hydrogen) atoms. The number of hydrogen-bond donors (Lipinski definition) is 0. The summed E-state index contributed by atoms with van der Waals surface area (Å²) in [5.41, 5.74) is 0. The monoisotopic (exact) mass is 267 g/mol. The van der Waals surface area contributed by atoms with E-state index >= 15 is 0 Å². The van der Waals surface area contributed by atoms with E-state index in [0.29, 0.717) is 17.6 Å². The van der Waals surface area contributed by atoms with Crippen molar-refractivity contribution in [1.29, 1.82) is 0 Å². The maximum atomic E-state index is 11.9. The van der Waals surface area contributed by atoms with Gasteiger partial charge in [-0.1, -0.05) is 11.6 Å². The molecule has 1 aliphatic carbocycles. The van der Waals surface area contributed by atoms with Crippen molar-refractivity contribution in [3.8, 4) is 6.01 Å². The highest BCUT2D eigenvalue weighted by atomic mass is 35.5. The first kappa shape index (κ1) is 11.7. The number of carbonyl (C=O) groups is 1. The van der Waals surface area contributed by atoms with E-state index in [-0.39, 0.29) is 17.9 Å². The molecule has 1 saturated heterocycles. The third kappa shape index (κ3) is 2.56. The number of nitrogens with zero attached hydrogens (tertiary/aromatic N) is 3. The minimum atomic E-state index is -0.00567. The second-order valence-corrected chi connectivity index (χ2v) is 5.21. The number of aromatic nitrogens is 2. The molecule has 0 radical (unpaired) electrons. The molecule has 2 aliphatic rings. The van der Waals surface area contributed by atoms with Crippen LogP contribution in [0.5, 0.6) is 6.01 Å². The van der Waals surface area contributed by atoms with Crippen molar-refractivity contribution in [1.82, 2.24) is 14.9 Å². The molecular formula is C12H14ClN3O2. The van der Waals surface area contributed by atoms with E-state index in [1.807, 2.05) is 4.90 Å². The Bertz CT molecular complexity index is 447.